The molecule has 2 aromatic carbocycles. The molecule has 0 atom stereocenters. The number of rotatable bonds is 6. The Kier molecular flexibility index (Phi) is 5.28. The molecule has 9 nitrogen and oxygen atoms in total. The van der Waals surface area contributed by atoms with Gasteiger partial charge < -0.3 is 9.88 Å². The van der Waals surface area contributed by atoms with Crippen LogP contribution in [0, 0.1) is 10.1 Å². The first-order chi connectivity index (χ1) is 14.8. The minimum absolute atomic E-state index is 0.0887. The van der Waals surface area contributed by atoms with Crippen LogP contribution in [-0.4, -0.2) is 48.2 Å². The number of non-ortho nitro benzene ring substituents is 1. The van der Waals surface area contributed by atoms with Crippen molar-refractivity contribution in [3.05, 3.63) is 63.8 Å². The van der Waals surface area contributed by atoms with Crippen molar-refractivity contribution >= 4 is 38.2 Å². The summed E-state index contributed by atoms with van der Waals surface area (Å²) < 4.78 is 27.0. The number of fused-ring (bicyclic) bond motifs is 2. The van der Waals surface area contributed by atoms with E-state index in [1.807, 2.05) is 0 Å². The van der Waals surface area contributed by atoms with Gasteiger partial charge in [-0.15, -0.1) is 0 Å². The summed E-state index contributed by atoms with van der Waals surface area (Å²) in [5.74, 6) is -0.287. The summed E-state index contributed by atoms with van der Waals surface area (Å²) in [6.07, 6.45) is 2.08. The molecule has 31 heavy (non-hydrogen) atoms. The number of nitrogens with zero attached hydrogens (tertiary/aromatic N) is 3. The predicted molar refractivity (Wildman–Crippen MR) is 117 cm³/mol. The molecule has 0 saturated carbocycles. The minimum Gasteiger partial charge on any atom is -0.360 e. The van der Waals surface area contributed by atoms with Gasteiger partial charge in [0.15, 0.2) is 0 Å². The standard InChI is InChI=1S/C21H22N4O5S/c1-3-23(4-2)31(29,30)16-6-8-20-14(11-16)9-10-24(20)21(26)18-13-22-19-7-5-15(25(27)28)12-17(18)19/h5-8,11-13,22H,3-4,9-10H2,1-2H3. The Balaban J connectivity index is 1.69. The summed E-state index contributed by atoms with van der Waals surface area (Å²) in [5, 5.41) is 11.6. The smallest absolute Gasteiger partial charge is 0.270 e. The van der Waals surface area contributed by atoms with Gasteiger partial charge in [0.25, 0.3) is 11.6 Å². The molecule has 3 aromatic rings. The number of nitro benzene ring substituents is 1. The Morgan fingerprint density at radius 3 is 2.61 bits per heavy atom. The molecule has 0 saturated heterocycles. The summed E-state index contributed by atoms with van der Waals surface area (Å²) in [6, 6.07) is 9.17. The maximum atomic E-state index is 13.3. The number of H-pyrrole nitrogens is 1. The lowest BCUT2D eigenvalue weighted by Gasteiger charge is -2.20. The van der Waals surface area contributed by atoms with Crippen LogP contribution in [0.15, 0.2) is 47.5 Å². The monoisotopic (exact) mass is 442 g/mol. The van der Waals surface area contributed by atoms with Gasteiger partial charge in [-0.05, 0) is 36.2 Å². The van der Waals surface area contributed by atoms with Crippen molar-refractivity contribution in [1.29, 1.82) is 0 Å². The van der Waals surface area contributed by atoms with Crippen LogP contribution in [0.3, 0.4) is 0 Å². The summed E-state index contributed by atoms with van der Waals surface area (Å²) in [6.45, 7) is 4.76. The van der Waals surface area contributed by atoms with E-state index in [2.05, 4.69) is 4.98 Å². The number of hydrogen-bond donors (Lipinski definition) is 1. The lowest BCUT2D eigenvalue weighted by molar-refractivity contribution is -0.384. The van der Waals surface area contributed by atoms with Gasteiger partial charge in [0.2, 0.25) is 10.0 Å². The van der Waals surface area contributed by atoms with Gasteiger partial charge in [-0.25, -0.2) is 8.42 Å². The molecule has 1 aromatic heterocycles. The predicted octanol–water partition coefficient (Wildman–Crippen LogP) is 3.31. The van der Waals surface area contributed by atoms with Crippen LogP contribution in [0.2, 0.25) is 0 Å². The molecule has 2 heterocycles. The quantitative estimate of drug-likeness (QED) is 0.464. The third-order valence-electron chi connectivity index (χ3n) is 5.64. The van der Waals surface area contributed by atoms with Crippen molar-refractivity contribution in [2.75, 3.05) is 24.5 Å². The maximum absolute atomic E-state index is 13.3. The van der Waals surface area contributed by atoms with Crippen LogP contribution in [0.25, 0.3) is 10.9 Å². The van der Waals surface area contributed by atoms with E-state index >= 15 is 0 Å². The molecular weight excluding hydrogens is 420 g/mol. The first kappa shape index (κ1) is 21.0. The molecule has 0 aliphatic carbocycles. The number of benzene rings is 2. The molecule has 1 aliphatic rings. The van der Waals surface area contributed by atoms with E-state index in [0.29, 0.717) is 48.2 Å². The molecule has 0 spiro atoms. The fourth-order valence-corrected chi connectivity index (χ4v) is 5.52. The van der Waals surface area contributed by atoms with Gasteiger partial charge in [0, 0.05) is 54.6 Å². The van der Waals surface area contributed by atoms with E-state index in [4.69, 9.17) is 0 Å². The Labute approximate surface area is 179 Å². The van der Waals surface area contributed by atoms with Crippen LogP contribution in [-0.2, 0) is 16.4 Å². The molecule has 4 rings (SSSR count). The summed E-state index contributed by atoms with van der Waals surface area (Å²) in [7, 11) is -3.58. The number of carbonyl (C=O) groups is 1. The highest BCUT2D eigenvalue weighted by molar-refractivity contribution is 7.89. The number of nitrogens with one attached hydrogen (secondary N) is 1. The maximum Gasteiger partial charge on any atom is 0.270 e. The second-order valence-electron chi connectivity index (χ2n) is 7.28. The minimum atomic E-state index is -3.58. The Morgan fingerprint density at radius 1 is 1.19 bits per heavy atom. The lowest BCUT2D eigenvalue weighted by Crippen LogP contribution is -2.30. The van der Waals surface area contributed by atoms with Crippen molar-refractivity contribution < 1.29 is 18.1 Å². The number of nitro groups is 1. The Morgan fingerprint density at radius 2 is 1.94 bits per heavy atom. The number of aromatic nitrogens is 1. The van der Waals surface area contributed by atoms with E-state index in [1.54, 1.807) is 43.1 Å². The molecule has 0 unspecified atom stereocenters. The van der Waals surface area contributed by atoms with Crippen LogP contribution >= 0.6 is 0 Å². The van der Waals surface area contributed by atoms with E-state index in [9.17, 15) is 23.3 Å². The van der Waals surface area contributed by atoms with Crippen LogP contribution < -0.4 is 4.90 Å². The van der Waals surface area contributed by atoms with E-state index in [0.717, 1.165) is 5.56 Å². The fourth-order valence-electron chi connectivity index (χ4n) is 4.01. The molecule has 1 N–H and O–H groups in total. The number of carbonyl (C=O) groups excluding carboxylic acids is 1. The lowest BCUT2D eigenvalue weighted by atomic mass is 10.1. The van der Waals surface area contributed by atoms with Gasteiger partial charge in [-0.2, -0.15) is 4.31 Å². The molecule has 10 heteroatoms. The highest BCUT2D eigenvalue weighted by Gasteiger charge is 2.30. The summed E-state index contributed by atoms with van der Waals surface area (Å²) >= 11 is 0. The van der Waals surface area contributed by atoms with E-state index in [-0.39, 0.29) is 16.5 Å². The average molecular weight is 442 g/mol. The Bertz CT molecular complexity index is 1290. The van der Waals surface area contributed by atoms with Gasteiger partial charge >= 0.3 is 0 Å². The number of hydrogen-bond acceptors (Lipinski definition) is 5. The zero-order chi connectivity index (χ0) is 22.3. The zero-order valence-corrected chi connectivity index (χ0v) is 18.0. The first-order valence-corrected chi connectivity index (χ1v) is 11.4. The normalized spacial score (nSPS) is 13.7. The second-order valence-corrected chi connectivity index (χ2v) is 9.21. The van der Waals surface area contributed by atoms with Crippen LogP contribution in [0.4, 0.5) is 11.4 Å². The van der Waals surface area contributed by atoms with Crippen molar-refractivity contribution in [2.24, 2.45) is 0 Å². The van der Waals surface area contributed by atoms with E-state index in [1.165, 1.54) is 22.5 Å². The Hall–Kier alpha value is -3.24. The highest BCUT2D eigenvalue weighted by atomic mass is 32.2. The molecular formula is C21H22N4O5S. The van der Waals surface area contributed by atoms with Crippen molar-refractivity contribution in [3.8, 4) is 0 Å². The SMILES string of the molecule is CCN(CC)S(=O)(=O)c1ccc2c(c1)CCN2C(=O)c1c[nH]c2ccc([N+](=O)[O-])cc12. The molecule has 0 bridgehead atoms. The largest absolute Gasteiger partial charge is 0.360 e. The third kappa shape index (κ3) is 3.47. The third-order valence-corrected chi connectivity index (χ3v) is 7.69. The average Bonchev–Trinajstić information content (AvgIpc) is 3.37. The van der Waals surface area contributed by atoms with Crippen molar-refractivity contribution in [1.82, 2.24) is 9.29 Å². The molecule has 162 valence electrons. The number of amides is 1. The molecule has 1 amide bonds. The van der Waals surface area contributed by atoms with Gasteiger partial charge in [0.05, 0.1) is 15.4 Å². The first-order valence-electron chi connectivity index (χ1n) is 9.98. The van der Waals surface area contributed by atoms with Crippen molar-refractivity contribution in [3.63, 3.8) is 0 Å². The fraction of sp³-hybridized carbons (Fsp3) is 0.286. The van der Waals surface area contributed by atoms with Gasteiger partial charge in [0.1, 0.15) is 0 Å². The second kappa shape index (κ2) is 7.78. The molecule has 1 aliphatic heterocycles. The summed E-state index contributed by atoms with van der Waals surface area (Å²) in [4.78, 5) is 28.7. The van der Waals surface area contributed by atoms with E-state index < -0.39 is 14.9 Å². The zero-order valence-electron chi connectivity index (χ0n) is 17.2. The van der Waals surface area contributed by atoms with Crippen LogP contribution in [0.1, 0.15) is 29.8 Å². The summed E-state index contributed by atoms with van der Waals surface area (Å²) in [5.41, 5.74) is 2.32. The van der Waals surface area contributed by atoms with Crippen molar-refractivity contribution in [2.45, 2.75) is 25.2 Å². The van der Waals surface area contributed by atoms with Gasteiger partial charge in [-0.1, -0.05) is 13.8 Å². The topological polar surface area (TPSA) is 117 Å². The van der Waals surface area contributed by atoms with Crippen LogP contribution in [0.5, 0.6) is 0 Å². The number of aromatic amines is 1. The number of anilines is 1. The highest BCUT2D eigenvalue weighted by Crippen LogP contribution is 2.33. The molecule has 0 fully saturated rings. The van der Waals surface area contributed by atoms with Gasteiger partial charge in [-0.3, -0.25) is 14.9 Å². The molecule has 0 radical (unpaired) electrons. The number of sulfonamides is 1.